The Morgan fingerprint density at radius 3 is 2.38 bits per heavy atom. The van der Waals surface area contributed by atoms with Crippen molar-refractivity contribution >= 4 is 34.3 Å². The van der Waals surface area contributed by atoms with Crippen molar-refractivity contribution in [1.82, 2.24) is 5.32 Å². The van der Waals surface area contributed by atoms with E-state index >= 15 is 0 Å². The summed E-state index contributed by atoms with van der Waals surface area (Å²) in [6.45, 7) is 2.03. The molecule has 1 N–H and O–H groups in total. The van der Waals surface area contributed by atoms with Gasteiger partial charge in [-0.3, -0.25) is 0 Å². The first-order chi connectivity index (χ1) is 3.70. The molecule has 0 aliphatic carbocycles. The highest BCUT2D eigenvalue weighted by Crippen LogP contribution is 2.04. The molecule has 0 spiro atoms. The standard InChI is InChI=1S/C5H7NS2/c1-3-4(7)2-5(8)6-3/h3H,2H2,1H3,(H,6,8). The minimum absolute atomic E-state index is 0.331. The molecule has 44 valence electrons. The van der Waals surface area contributed by atoms with Crippen LogP contribution in [-0.4, -0.2) is 15.9 Å². The average molecular weight is 145 g/mol. The molecule has 0 amide bonds. The van der Waals surface area contributed by atoms with Crippen LogP contribution in [0.2, 0.25) is 0 Å². The lowest BCUT2D eigenvalue weighted by molar-refractivity contribution is 0.894. The van der Waals surface area contributed by atoms with Gasteiger partial charge in [-0.2, -0.15) is 0 Å². The SMILES string of the molecule is CC1NC(=S)CC1=S. The van der Waals surface area contributed by atoms with Crippen LogP contribution in [0.25, 0.3) is 0 Å². The predicted octanol–water partition coefficient (Wildman–Crippen LogP) is 1.07. The molecule has 0 radical (unpaired) electrons. The molecule has 1 aliphatic heterocycles. The van der Waals surface area contributed by atoms with E-state index in [1.807, 2.05) is 6.92 Å². The number of hydrogen-bond donors (Lipinski definition) is 1. The molecule has 1 atom stereocenters. The molecule has 1 saturated heterocycles. The Hall–Kier alpha value is -0.0200. The lowest BCUT2D eigenvalue weighted by atomic mass is 10.2. The fourth-order valence-corrected chi connectivity index (χ4v) is 1.31. The summed E-state index contributed by atoms with van der Waals surface area (Å²) in [5.74, 6) is 0. The monoisotopic (exact) mass is 145 g/mol. The van der Waals surface area contributed by atoms with Crippen LogP contribution in [0, 0.1) is 0 Å². The van der Waals surface area contributed by atoms with Crippen LogP contribution < -0.4 is 5.32 Å². The second-order valence-corrected chi connectivity index (χ2v) is 2.95. The zero-order valence-electron chi connectivity index (χ0n) is 4.60. The van der Waals surface area contributed by atoms with Crippen molar-refractivity contribution in [2.45, 2.75) is 19.4 Å². The fourth-order valence-electron chi connectivity index (χ4n) is 0.684. The van der Waals surface area contributed by atoms with Gasteiger partial charge in [-0.1, -0.05) is 24.4 Å². The summed E-state index contributed by atoms with van der Waals surface area (Å²) in [4.78, 5) is 1.93. The first kappa shape index (κ1) is 6.11. The minimum Gasteiger partial charge on any atom is -0.372 e. The molecule has 0 aromatic heterocycles. The van der Waals surface area contributed by atoms with Crippen LogP contribution in [0.4, 0.5) is 0 Å². The molecule has 1 aliphatic rings. The Labute approximate surface area is 59.5 Å². The molecule has 1 nitrogen and oxygen atoms in total. The number of nitrogens with one attached hydrogen (secondary N) is 1. The van der Waals surface area contributed by atoms with Crippen LogP contribution >= 0.6 is 24.4 Å². The number of hydrogen-bond acceptors (Lipinski definition) is 2. The van der Waals surface area contributed by atoms with E-state index < -0.39 is 0 Å². The summed E-state index contributed by atoms with van der Waals surface area (Å²) in [6.07, 6.45) is 0.811. The number of thiocarbonyl (C=S) groups is 2. The molecule has 1 fully saturated rings. The Balaban J connectivity index is 2.64. The zero-order chi connectivity index (χ0) is 6.15. The maximum Gasteiger partial charge on any atom is 0.0808 e. The zero-order valence-corrected chi connectivity index (χ0v) is 6.23. The first-order valence-electron chi connectivity index (χ1n) is 2.52. The molecule has 3 heteroatoms. The van der Waals surface area contributed by atoms with Crippen molar-refractivity contribution in [3.63, 3.8) is 0 Å². The van der Waals surface area contributed by atoms with E-state index in [0.29, 0.717) is 6.04 Å². The highest BCUT2D eigenvalue weighted by atomic mass is 32.1. The van der Waals surface area contributed by atoms with Crippen molar-refractivity contribution in [1.29, 1.82) is 0 Å². The topological polar surface area (TPSA) is 12.0 Å². The maximum atomic E-state index is 4.97. The van der Waals surface area contributed by atoms with E-state index in [4.69, 9.17) is 24.4 Å². The van der Waals surface area contributed by atoms with Crippen molar-refractivity contribution in [2.75, 3.05) is 0 Å². The molecule has 1 rings (SSSR count). The third kappa shape index (κ3) is 1.03. The summed E-state index contributed by atoms with van der Waals surface area (Å²) in [5.41, 5.74) is 0. The van der Waals surface area contributed by atoms with E-state index in [2.05, 4.69) is 5.32 Å². The van der Waals surface area contributed by atoms with Gasteiger partial charge < -0.3 is 5.32 Å². The van der Waals surface area contributed by atoms with E-state index in [0.717, 1.165) is 16.3 Å². The van der Waals surface area contributed by atoms with Gasteiger partial charge in [-0.25, -0.2) is 0 Å². The molecule has 0 aromatic rings. The predicted molar refractivity (Wildman–Crippen MR) is 42.4 cm³/mol. The summed E-state index contributed by atoms with van der Waals surface area (Å²) in [7, 11) is 0. The van der Waals surface area contributed by atoms with Crippen LogP contribution in [0.3, 0.4) is 0 Å². The lowest BCUT2D eigenvalue weighted by Gasteiger charge is -1.98. The van der Waals surface area contributed by atoms with E-state index in [-0.39, 0.29) is 0 Å². The minimum atomic E-state index is 0.331. The molecular formula is C5H7NS2. The van der Waals surface area contributed by atoms with Crippen molar-refractivity contribution in [3.05, 3.63) is 0 Å². The van der Waals surface area contributed by atoms with Crippen LogP contribution in [0.5, 0.6) is 0 Å². The summed E-state index contributed by atoms with van der Waals surface area (Å²) < 4.78 is 0. The molecule has 0 saturated carbocycles. The highest BCUT2D eigenvalue weighted by Gasteiger charge is 2.18. The Morgan fingerprint density at radius 2 is 2.25 bits per heavy atom. The van der Waals surface area contributed by atoms with E-state index in [1.54, 1.807) is 0 Å². The quantitative estimate of drug-likeness (QED) is 0.512. The first-order valence-corrected chi connectivity index (χ1v) is 3.34. The Morgan fingerprint density at radius 1 is 1.62 bits per heavy atom. The Bertz CT molecular complexity index is 141. The second-order valence-electron chi connectivity index (χ2n) is 1.93. The fraction of sp³-hybridized carbons (Fsp3) is 0.600. The van der Waals surface area contributed by atoms with Crippen LogP contribution in [0.1, 0.15) is 13.3 Å². The second kappa shape index (κ2) is 2.07. The van der Waals surface area contributed by atoms with Gasteiger partial charge in [-0.15, -0.1) is 0 Å². The van der Waals surface area contributed by atoms with Crippen molar-refractivity contribution in [3.8, 4) is 0 Å². The third-order valence-corrected chi connectivity index (χ3v) is 1.96. The summed E-state index contributed by atoms with van der Waals surface area (Å²) >= 11 is 9.84. The van der Waals surface area contributed by atoms with Gasteiger partial charge in [0.1, 0.15) is 0 Å². The molecule has 1 unspecified atom stereocenters. The van der Waals surface area contributed by atoms with Crippen molar-refractivity contribution < 1.29 is 0 Å². The van der Waals surface area contributed by atoms with Crippen molar-refractivity contribution in [2.24, 2.45) is 0 Å². The van der Waals surface area contributed by atoms with Gasteiger partial charge >= 0.3 is 0 Å². The van der Waals surface area contributed by atoms with Crippen LogP contribution in [0.15, 0.2) is 0 Å². The van der Waals surface area contributed by atoms with E-state index in [9.17, 15) is 0 Å². The summed E-state index contributed by atoms with van der Waals surface area (Å²) in [5, 5.41) is 3.06. The van der Waals surface area contributed by atoms with Crippen LogP contribution in [-0.2, 0) is 0 Å². The van der Waals surface area contributed by atoms with Gasteiger partial charge in [0, 0.05) is 11.3 Å². The van der Waals surface area contributed by atoms with Gasteiger partial charge in [-0.05, 0) is 6.92 Å². The largest absolute Gasteiger partial charge is 0.372 e. The van der Waals surface area contributed by atoms with Gasteiger partial charge in [0.15, 0.2) is 0 Å². The third-order valence-electron chi connectivity index (χ3n) is 1.20. The summed E-state index contributed by atoms with van der Waals surface area (Å²) in [6, 6.07) is 0.331. The normalized spacial score (nSPS) is 28.4. The lowest BCUT2D eigenvalue weighted by Crippen LogP contribution is -2.23. The number of rotatable bonds is 0. The molecular weight excluding hydrogens is 138 g/mol. The average Bonchev–Trinajstić information content (AvgIpc) is 1.85. The molecule has 1 heterocycles. The smallest absolute Gasteiger partial charge is 0.0808 e. The van der Waals surface area contributed by atoms with E-state index in [1.165, 1.54) is 0 Å². The molecule has 8 heavy (non-hydrogen) atoms. The van der Waals surface area contributed by atoms with Gasteiger partial charge in [0.2, 0.25) is 0 Å². The highest BCUT2D eigenvalue weighted by molar-refractivity contribution is 7.82. The van der Waals surface area contributed by atoms with Gasteiger partial charge in [0.05, 0.1) is 11.0 Å². The molecule has 0 bridgehead atoms. The molecule has 0 aromatic carbocycles. The Kier molecular flexibility index (Phi) is 1.58. The maximum absolute atomic E-state index is 4.97. The van der Waals surface area contributed by atoms with Gasteiger partial charge in [0.25, 0.3) is 0 Å².